The highest BCUT2D eigenvalue weighted by molar-refractivity contribution is 5.95. The van der Waals surface area contributed by atoms with E-state index in [0.29, 0.717) is 0 Å². The van der Waals surface area contributed by atoms with E-state index in [1.54, 1.807) is 0 Å². The molecule has 2 aromatic rings. The molecule has 0 spiro atoms. The van der Waals surface area contributed by atoms with Crippen LogP contribution in [-0.4, -0.2) is 32.1 Å². The monoisotopic (exact) mass is 337 g/mol. The summed E-state index contributed by atoms with van der Waals surface area (Å²) in [6.07, 6.45) is 0.851. The van der Waals surface area contributed by atoms with E-state index in [1.165, 1.54) is 5.69 Å². The zero-order valence-corrected chi connectivity index (χ0v) is 15.1. The minimum Gasteiger partial charge on any atom is -0.368 e. The number of nitrogens with one attached hydrogen (secondary N) is 1. The van der Waals surface area contributed by atoms with Gasteiger partial charge in [0.15, 0.2) is 0 Å². The predicted octanol–water partition coefficient (Wildman–Crippen LogP) is 4.00. The topological polar surface area (TPSA) is 35.6 Å². The van der Waals surface area contributed by atoms with Crippen molar-refractivity contribution in [1.82, 2.24) is 0 Å². The van der Waals surface area contributed by atoms with Gasteiger partial charge in [-0.25, -0.2) is 0 Å². The number of hydrogen-bond acceptors (Lipinski definition) is 3. The fourth-order valence-electron chi connectivity index (χ4n) is 3.14. The number of benzene rings is 2. The van der Waals surface area contributed by atoms with Crippen LogP contribution < -0.4 is 15.1 Å². The molecule has 1 N–H and O–H groups in total. The van der Waals surface area contributed by atoms with E-state index >= 15 is 0 Å². The molecule has 0 unspecified atom stereocenters. The third-order valence-electron chi connectivity index (χ3n) is 4.96. The lowest BCUT2D eigenvalue weighted by molar-refractivity contribution is -0.119. The van der Waals surface area contributed by atoms with E-state index in [9.17, 15) is 4.79 Å². The highest BCUT2D eigenvalue weighted by Gasteiger charge is 2.20. The molecule has 0 bridgehead atoms. The quantitative estimate of drug-likeness (QED) is 0.896. The van der Waals surface area contributed by atoms with Crippen LogP contribution in [0.2, 0.25) is 0 Å². The number of anilines is 3. The Kier molecular flexibility index (Phi) is 5.59. The van der Waals surface area contributed by atoms with Crippen LogP contribution in [0.15, 0.2) is 54.6 Å². The van der Waals surface area contributed by atoms with Gasteiger partial charge in [-0.1, -0.05) is 44.2 Å². The van der Waals surface area contributed by atoms with Crippen LogP contribution >= 0.6 is 0 Å². The minimum atomic E-state index is 0.0305. The van der Waals surface area contributed by atoms with E-state index in [0.717, 1.165) is 44.0 Å². The van der Waals surface area contributed by atoms with E-state index in [1.807, 2.05) is 32.0 Å². The molecule has 1 aliphatic heterocycles. The van der Waals surface area contributed by atoms with Crippen molar-refractivity contribution >= 4 is 23.0 Å². The SMILES string of the molecule is CC[C@H](C)C(=O)Nc1ccccc1N1CCN(c2ccccc2)CC1. The minimum absolute atomic E-state index is 0.0305. The van der Waals surface area contributed by atoms with Crippen LogP contribution in [0.4, 0.5) is 17.1 Å². The number of para-hydroxylation sites is 3. The van der Waals surface area contributed by atoms with Gasteiger partial charge in [0.1, 0.15) is 0 Å². The molecule has 0 saturated carbocycles. The number of hydrogen-bond donors (Lipinski definition) is 1. The van der Waals surface area contributed by atoms with Crippen LogP contribution in [0.5, 0.6) is 0 Å². The Balaban J connectivity index is 1.68. The number of piperazine rings is 1. The summed E-state index contributed by atoms with van der Waals surface area (Å²) in [6, 6.07) is 18.7. The van der Waals surface area contributed by atoms with E-state index in [2.05, 4.69) is 51.5 Å². The summed E-state index contributed by atoms with van der Waals surface area (Å²) in [7, 11) is 0. The number of amides is 1. The molecule has 0 aliphatic carbocycles. The first-order chi connectivity index (χ1) is 12.2. The maximum absolute atomic E-state index is 12.3. The highest BCUT2D eigenvalue weighted by atomic mass is 16.1. The molecule has 1 aliphatic rings. The van der Waals surface area contributed by atoms with Crippen molar-refractivity contribution in [3.05, 3.63) is 54.6 Å². The molecule has 1 fully saturated rings. The van der Waals surface area contributed by atoms with Gasteiger partial charge in [0.05, 0.1) is 11.4 Å². The highest BCUT2D eigenvalue weighted by Crippen LogP contribution is 2.28. The van der Waals surface area contributed by atoms with Crippen LogP contribution in [0.3, 0.4) is 0 Å². The zero-order valence-electron chi connectivity index (χ0n) is 15.1. The fraction of sp³-hybridized carbons (Fsp3) is 0.381. The van der Waals surface area contributed by atoms with Crippen molar-refractivity contribution in [3.8, 4) is 0 Å². The lowest BCUT2D eigenvalue weighted by Gasteiger charge is -2.38. The number of carbonyl (C=O) groups is 1. The van der Waals surface area contributed by atoms with Crippen molar-refractivity contribution in [3.63, 3.8) is 0 Å². The molecular formula is C21H27N3O. The number of carbonyl (C=O) groups excluding carboxylic acids is 1. The average Bonchev–Trinajstić information content (AvgIpc) is 2.68. The predicted molar refractivity (Wildman–Crippen MR) is 105 cm³/mol. The van der Waals surface area contributed by atoms with Gasteiger partial charge >= 0.3 is 0 Å². The Morgan fingerprint density at radius 2 is 1.56 bits per heavy atom. The zero-order chi connectivity index (χ0) is 17.6. The van der Waals surface area contributed by atoms with Gasteiger partial charge in [0.2, 0.25) is 5.91 Å². The molecule has 1 atom stereocenters. The summed E-state index contributed by atoms with van der Waals surface area (Å²) in [4.78, 5) is 17.1. The molecule has 132 valence electrons. The van der Waals surface area contributed by atoms with Crippen molar-refractivity contribution in [2.75, 3.05) is 41.3 Å². The largest absolute Gasteiger partial charge is 0.368 e. The van der Waals surface area contributed by atoms with Crippen LogP contribution in [0, 0.1) is 5.92 Å². The first kappa shape index (κ1) is 17.3. The smallest absolute Gasteiger partial charge is 0.227 e. The maximum atomic E-state index is 12.3. The van der Waals surface area contributed by atoms with Gasteiger partial charge in [0, 0.05) is 37.8 Å². The summed E-state index contributed by atoms with van der Waals surface area (Å²) in [6.45, 7) is 7.88. The van der Waals surface area contributed by atoms with Crippen molar-refractivity contribution in [1.29, 1.82) is 0 Å². The van der Waals surface area contributed by atoms with Gasteiger partial charge in [-0.15, -0.1) is 0 Å². The molecule has 1 saturated heterocycles. The summed E-state index contributed by atoms with van der Waals surface area (Å²) in [5.41, 5.74) is 3.31. The average molecular weight is 337 g/mol. The lowest BCUT2D eigenvalue weighted by Crippen LogP contribution is -2.46. The number of rotatable bonds is 5. The molecule has 4 nitrogen and oxygen atoms in total. The van der Waals surface area contributed by atoms with Crippen molar-refractivity contribution in [2.24, 2.45) is 5.92 Å². The molecule has 25 heavy (non-hydrogen) atoms. The Labute approximate surface area is 150 Å². The maximum Gasteiger partial charge on any atom is 0.227 e. The third kappa shape index (κ3) is 4.13. The van der Waals surface area contributed by atoms with Crippen LogP contribution in [-0.2, 0) is 4.79 Å². The Hall–Kier alpha value is -2.49. The Bertz CT molecular complexity index is 693. The Morgan fingerprint density at radius 1 is 0.960 bits per heavy atom. The molecule has 1 amide bonds. The van der Waals surface area contributed by atoms with Gasteiger partial charge in [0.25, 0.3) is 0 Å². The first-order valence-electron chi connectivity index (χ1n) is 9.14. The first-order valence-corrected chi connectivity index (χ1v) is 9.14. The van der Waals surface area contributed by atoms with Crippen molar-refractivity contribution < 1.29 is 4.79 Å². The molecular weight excluding hydrogens is 310 g/mol. The standard InChI is InChI=1S/C21H27N3O/c1-3-17(2)21(25)22-19-11-7-8-12-20(19)24-15-13-23(14-16-24)18-9-5-4-6-10-18/h4-12,17H,3,13-16H2,1-2H3,(H,22,25)/t17-/m0/s1. The van der Waals surface area contributed by atoms with Gasteiger partial charge in [-0.3, -0.25) is 4.79 Å². The van der Waals surface area contributed by atoms with Gasteiger partial charge in [-0.05, 0) is 30.7 Å². The summed E-state index contributed by atoms with van der Waals surface area (Å²) >= 11 is 0. The lowest BCUT2D eigenvalue weighted by atomic mass is 10.1. The summed E-state index contributed by atoms with van der Waals surface area (Å²) in [5, 5.41) is 3.11. The molecule has 4 heteroatoms. The third-order valence-corrected chi connectivity index (χ3v) is 4.96. The van der Waals surface area contributed by atoms with Gasteiger partial charge < -0.3 is 15.1 Å². The second-order valence-corrected chi connectivity index (χ2v) is 6.63. The summed E-state index contributed by atoms with van der Waals surface area (Å²) < 4.78 is 0. The van der Waals surface area contributed by atoms with E-state index in [4.69, 9.17) is 0 Å². The molecule has 1 heterocycles. The van der Waals surface area contributed by atoms with E-state index in [-0.39, 0.29) is 11.8 Å². The summed E-state index contributed by atoms with van der Waals surface area (Å²) in [5.74, 6) is 0.126. The Morgan fingerprint density at radius 3 is 2.24 bits per heavy atom. The molecule has 3 rings (SSSR count). The molecule has 2 aromatic carbocycles. The normalized spacial score (nSPS) is 15.8. The second-order valence-electron chi connectivity index (χ2n) is 6.63. The number of nitrogens with zero attached hydrogens (tertiary/aromatic N) is 2. The fourth-order valence-corrected chi connectivity index (χ4v) is 3.14. The second kappa shape index (κ2) is 8.06. The van der Waals surface area contributed by atoms with Crippen LogP contribution in [0.1, 0.15) is 20.3 Å². The van der Waals surface area contributed by atoms with Gasteiger partial charge in [-0.2, -0.15) is 0 Å². The van der Waals surface area contributed by atoms with Crippen LogP contribution in [0.25, 0.3) is 0 Å². The molecule has 0 radical (unpaired) electrons. The molecule has 0 aromatic heterocycles. The van der Waals surface area contributed by atoms with E-state index < -0.39 is 0 Å². The van der Waals surface area contributed by atoms with Crippen molar-refractivity contribution in [2.45, 2.75) is 20.3 Å².